The fourth-order valence-electron chi connectivity index (χ4n) is 3.18. The summed E-state index contributed by atoms with van der Waals surface area (Å²) in [5, 5.41) is 21.2. The normalized spacial score (nSPS) is 17.0. The highest BCUT2D eigenvalue weighted by Crippen LogP contribution is 2.32. The number of non-ortho nitro benzene ring substituents is 1. The van der Waals surface area contributed by atoms with Gasteiger partial charge in [-0.2, -0.15) is 0 Å². The first kappa shape index (κ1) is 19.0. The fraction of sp³-hybridized carbons (Fsp3) is 0.389. The van der Waals surface area contributed by atoms with Gasteiger partial charge < -0.3 is 10.0 Å². The predicted molar refractivity (Wildman–Crippen MR) is 99.5 cm³/mol. The van der Waals surface area contributed by atoms with Crippen LogP contribution in [-0.4, -0.2) is 44.9 Å². The number of aromatic nitrogens is 1. The highest BCUT2D eigenvalue weighted by molar-refractivity contribution is 7.11. The molecule has 27 heavy (non-hydrogen) atoms. The minimum absolute atomic E-state index is 0.0220. The van der Waals surface area contributed by atoms with Gasteiger partial charge in [0, 0.05) is 41.6 Å². The summed E-state index contributed by atoms with van der Waals surface area (Å²) in [5.41, 5.74) is 0.335. The van der Waals surface area contributed by atoms with Crippen molar-refractivity contribution in [1.82, 2.24) is 9.88 Å². The molecule has 1 aromatic heterocycles. The number of amides is 1. The molecule has 1 saturated heterocycles. The lowest BCUT2D eigenvalue weighted by atomic mass is 9.97. The number of carboxylic acids is 1. The van der Waals surface area contributed by atoms with E-state index in [9.17, 15) is 24.8 Å². The SMILES string of the molecule is Cc1nc(C2CCCN(C(=O)c3cc(C(=O)O)cc([N+](=O)[O-])c3)C2)sc1C. The number of hydrogen-bond donors (Lipinski definition) is 1. The molecule has 1 unspecified atom stereocenters. The van der Waals surface area contributed by atoms with Gasteiger partial charge in [0.2, 0.25) is 0 Å². The summed E-state index contributed by atoms with van der Waals surface area (Å²) in [6, 6.07) is 3.29. The number of rotatable bonds is 4. The number of nitro benzene ring substituents is 1. The van der Waals surface area contributed by atoms with Gasteiger partial charge in [-0.1, -0.05) is 0 Å². The molecule has 0 bridgehead atoms. The summed E-state index contributed by atoms with van der Waals surface area (Å²) in [6.45, 7) is 4.97. The maximum atomic E-state index is 12.9. The van der Waals surface area contributed by atoms with Crippen LogP contribution in [-0.2, 0) is 0 Å². The molecule has 8 nitrogen and oxygen atoms in total. The molecule has 1 N–H and O–H groups in total. The van der Waals surface area contributed by atoms with Crippen molar-refractivity contribution in [3.05, 3.63) is 55.0 Å². The predicted octanol–water partition coefficient (Wildman–Crippen LogP) is 3.39. The lowest BCUT2D eigenvalue weighted by Gasteiger charge is -2.32. The van der Waals surface area contributed by atoms with Crippen molar-refractivity contribution in [2.45, 2.75) is 32.6 Å². The number of piperidine rings is 1. The van der Waals surface area contributed by atoms with Crippen LogP contribution in [0.1, 0.15) is 55.1 Å². The van der Waals surface area contributed by atoms with E-state index in [1.165, 1.54) is 6.07 Å². The molecular formula is C18H19N3O5S. The first-order valence-corrected chi connectivity index (χ1v) is 9.34. The highest BCUT2D eigenvalue weighted by Gasteiger charge is 2.29. The Labute approximate surface area is 159 Å². The Morgan fingerprint density at radius 3 is 2.59 bits per heavy atom. The first-order valence-electron chi connectivity index (χ1n) is 8.52. The second-order valence-electron chi connectivity index (χ2n) is 6.61. The quantitative estimate of drug-likeness (QED) is 0.633. The lowest BCUT2D eigenvalue weighted by Crippen LogP contribution is -2.39. The molecule has 2 heterocycles. The second-order valence-corrected chi connectivity index (χ2v) is 7.85. The van der Waals surface area contributed by atoms with Gasteiger partial charge in [0.1, 0.15) is 0 Å². The largest absolute Gasteiger partial charge is 0.478 e. The van der Waals surface area contributed by atoms with E-state index in [2.05, 4.69) is 4.98 Å². The second kappa shape index (κ2) is 7.43. The van der Waals surface area contributed by atoms with E-state index in [0.29, 0.717) is 13.1 Å². The summed E-state index contributed by atoms with van der Waals surface area (Å²) < 4.78 is 0. The van der Waals surface area contributed by atoms with E-state index < -0.39 is 22.5 Å². The number of aryl methyl sites for hydroxylation is 2. The Balaban J connectivity index is 1.86. The molecule has 1 atom stereocenters. The Morgan fingerprint density at radius 1 is 1.30 bits per heavy atom. The number of nitrogens with zero attached hydrogens (tertiary/aromatic N) is 3. The molecule has 0 spiro atoms. The van der Waals surface area contributed by atoms with Crippen LogP contribution >= 0.6 is 11.3 Å². The van der Waals surface area contributed by atoms with Crippen LogP contribution in [0.3, 0.4) is 0 Å². The van der Waals surface area contributed by atoms with Gasteiger partial charge in [0.15, 0.2) is 0 Å². The Bertz CT molecular complexity index is 872. The van der Waals surface area contributed by atoms with Gasteiger partial charge in [0.05, 0.1) is 21.2 Å². The van der Waals surface area contributed by atoms with Gasteiger partial charge in [-0.15, -0.1) is 11.3 Å². The molecule has 9 heteroatoms. The van der Waals surface area contributed by atoms with Crippen LogP contribution in [0.2, 0.25) is 0 Å². The molecule has 1 fully saturated rings. The van der Waals surface area contributed by atoms with E-state index >= 15 is 0 Å². The van der Waals surface area contributed by atoms with Crippen molar-refractivity contribution in [3.8, 4) is 0 Å². The van der Waals surface area contributed by atoms with E-state index in [1.807, 2.05) is 13.8 Å². The van der Waals surface area contributed by atoms with Crippen molar-refractivity contribution >= 4 is 28.9 Å². The van der Waals surface area contributed by atoms with Gasteiger partial charge in [0.25, 0.3) is 11.6 Å². The molecule has 0 aliphatic carbocycles. The van der Waals surface area contributed by atoms with E-state index in [4.69, 9.17) is 0 Å². The summed E-state index contributed by atoms with van der Waals surface area (Å²) in [7, 11) is 0. The number of carboxylic acid groups (broad SMARTS) is 1. The third kappa shape index (κ3) is 3.97. The van der Waals surface area contributed by atoms with Gasteiger partial charge in [-0.05, 0) is 32.8 Å². The van der Waals surface area contributed by atoms with Gasteiger partial charge in [-0.3, -0.25) is 14.9 Å². The molecular weight excluding hydrogens is 370 g/mol. The monoisotopic (exact) mass is 389 g/mol. The number of hydrogen-bond acceptors (Lipinski definition) is 6. The zero-order valence-corrected chi connectivity index (χ0v) is 15.8. The third-order valence-electron chi connectivity index (χ3n) is 4.73. The van der Waals surface area contributed by atoms with Gasteiger partial charge >= 0.3 is 5.97 Å². The molecule has 1 amide bonds. The Morgan fingerprint density at radius 2 is 2.00 bits per heavy atom. The number of nitro groups is 1. The smallest absolute Gasteiger partial charge is 0.335 e. The van der Waals surface area contributed by atoms with Crippen LogP contribution in [0.5, 0.6) is 0 Å². The molecule has 142 valence electrons. The zero-order valence-electron chi connectivity index (χ0n) is 15.0. The topological polar surface area (TPSA) is 114 Å². The van der Waals surface area contributed by atoms with Crippen molar-refractivity contribution < 1.29 is 19.6 Å². The molecule has 0 saturated carbocycles. The minimum atomic E-state index is -1.31. The number of benzene rings is 1. The third-order valence-corrected chi connectivity index (χ3v) is 5.96. The molecule has 3 rings (SSSR count). The van der Waals surface area contributed by atoms with E-state index in [1.54, 1.807) is 16.2 Å². The molecule has 0 radical (unpaired) electrons. The van der Waals surface area contributed by atoms with Crippen molar-refractivity contribution in [2.24, 2.45) is 0 Å². The molecule has 1 aliphatic heterocycles. The summed E-state index contributed by atoms with van der Waals surface area (Å²) in [6.07, 6.45) is 1.72. The summed E-state index contributed by atoms with van der Waals surface area (Å²) in [5.74, 6) is -1.58. The maximum absolute atomic E-state index is 12.9. The average molecular weight is 389 g/mol. The van der Waals surface area contributed by atoms with Crippen LogP contribution < -0.4 is 0 Å². The minimum Gasteiger partial charge on any atom is -0.478 e. The summed E-state index contributed by atoms with van der Waals surface area (Å²) >= 11 is 1.63. The number of carbonyl (C=O) groups is 2. The number of carbonyl (C=O) groups excluding carboxylic acids is 1. The van der Waals surface area contributed by atoms with Crippen LogP contribution in [0.25, 0.3) is 0 Å². The van der Waals surface area contributed by atoms with Crippen LogP contribution in [0, 0.1) is 24.0 Å². The number of aromatic carboxylic acids is 1. The maximum Gasteiger partial charge on any atom is 0.335 e. The number of likely N-dealkylation sites (tertiary alicyclic amines) is 1. The Hall–Kier alpha value is -2.81. The van der Waals surface area contributed by atoms with Crippen LogP contribution in [0.15, 0.2) is 18.2 Å². The average Bonchev–Trinajstić information content (AvgIpc) is 2.99. The molecule has 1 aliphatic rings. The molecule has 2 aromatic rings. The zero-order chi connectivity index (χ0) is 19.7. The Kier molecular flexibility index (Phi) is 5.22. The lowest BCUT2D eigenvalue weighted by molar-refractivity contribution is -0.384. The van der Waals surface area contributed by atoms with Crippen molar-refractivity contribution in [2.75, 3.05) is 13.1 Å². The van der Waals surface area contributed by atoms with Gasteiger partial charge in [-0.25, -0.2) is 9.78 Å². The first-order chi connectivity index (χ1) is 12.8. The highest BCUT2D eigenvalue weighted by atomic mass is 32.1. The molecule has 1 aromatic carbocycles. The van der Waals surface area contributed by atoms with E-state index in [0.717, 1.165) is 40.6 Å². The van der Waals surface area contributed by atoms with Crippen molar-refractivity contribution in [3.63, 3.8) is 0 Å². The number of thiazole rings is 1. The van der Waals surface area contributed by atoms with E-state index in [-0.39, 0.29) is 17.0 Å². The summed E-state index contributed by atoms with van der Waals surface area (Å²) in [4.78, 5) is 41.9. The van der Waals surface area contributed by atoms with Crippen molar-refractivity contribution in [1.29, 1.82) is 0 Å². The standard InChI is InChI=1S/C18H19N3O5S/c1-10-11(2)27-16(19-10)12-4-3-5-20(9-12)17(22)13-6-14(18(23)24)8-15(7-13)21(25)26/h6-8,12H,3-5,9H2,1-2H3,(H,23,24). The fourth-order valence-corrected chi connectivity index (χ4v) is 4.23. The van der Waals surface area contributed by atoms with Crippen LogP contribution in [0.4, 0.5) is 5.69 Å².